The lowest BCUT2D eigenvalue weighted by molar-refractivity contribution is -0.125. The highest BCUT2D eigenvalue weighted by Crippen LogP contribution is 2.33. The van der Waals surface area contributed by atoms with Crippen LogP contribution in [0, 0.1) is 5.92 Å². The summed E-state index contributed by atoms with van der Waals surface area (Å²) >= 11 is 7.44. The van der Waals surface area contributed by atoms with Crippen LogP contribution in [0.4, 0.5) is 0 Å². The number of hydrogen-bond acceptors (Lipinski definition) is 3. The summed E-state index contributed by atoms with van der Waals surface area (Å²) < 4.78 is 0. The number of nitrogens with one attached hydrogen (secondary N) is 1. The average Bonchev–Trinajstić information content (AvgIpc) is 3.03. The van der Waals surface area contributed by atoms with E-state index in [1.807, 2.05) is 30.3 Å². The second kappa shape index (κ2) is 7.58. The fourth-order valence-electron chi connectivity index (χ4n) is 3.01. The SMILES string of the molecule is CN(C)C(=O)c1cc2c(s1)CC[C@H](C(=O)NCc1ccc(Cl)cc1)C2. The van der Waals surface area contributed by atoms with Crippen molar-refractivity contribution in [2.24, 2.45) is 5.92 Å². The molecule has 1 atom stereocenters. The van der Waals surface area contributed by atoms with Crippen molar-refractivity contribution in [3.05, 3.63) is 56.2 Å². The first-order valence-electron chi connectivity index (χ1n) is 8.29. The molecule has 2 aromatic rings. The number of rotatable bonds is 4. The van der Waals surface area contributed by atoms with Crippen molar-refractivity contribution in [1.82, 2.24) is 10.2 Å². The summed E-state index contributed by atoms with van der Waals surface area (Å²) in [4.78, 5) is 28.2. The van der Waals surface area contributed by atoms with Gasteiger partial charge in [0.05, 0.1) is 4.88 Å². The standard InChI is InChI=1S/C19H21ClN2O2S/c1-22(2)19(24)17-10-14-9-13(5-8-16(14)25-17)18(23)21-11-12-3-6-15(20)7-4-12/h3-4,6-7,10,13H,5,8-9,11H2,1-2H3,(H,21,23)/t13-/m0/s1. The molecule has 1 heterocycles. The van der Waals surface area contributed by atoms with Crippen molar-refractivity contribution in [2.45, 2.75) is 25.8 Å². The van der Waals surface area contributed by atoms with Gasteiger partial charge in [0, 0.05) is 36.5 Å². The minimum Gasteiger partial charge on any atom is -0.352 e. The highest BCUT2D eigenvalue weighted by molar-refractivity contribution is 7.14. The number of halogens is 1. The van der Waals surface area contributed by atoms with Crippen LogP contribution in [0.2, 0.25) is 5.02 Å². The van der Waals surface area contributed by atoms with Gasteiger partial charge in [-0.25, -0.2) is 0 Å². The molecular weight excluding hydrogens is 356 g/mol. The fraction of sp³-hybridized carbons (Fsp3) is 0.368. The van der Waals surface area contributed by atoms with E-state index in [1.54, 1.807) is 30.3 Å². The summed E-state index contributed by atoms with van der Waals surface area (Å²) in [5.41, 5.74) is 2.18. The molecule has 2 amide bonds. The molecule has 0 radical (unpaired) electrons. The number of nitrogens with zero attached hydrogens (tertiary/aromatic N) is 1. The summed E-state index contributed by atoms with van der Waals surface area (Å²) in [6.07, 6.45) is 2.40. The Labute approximate surface area is 156 Å². The Morgan fingerprint density at radius 3 is 2.68 bits per heavy atom. The zero-order valence-electron chi connectivity index (χ0n) is 14.3. The van der Waals surface area contributed by atoms with E-state index in [4.69, 9.17) is 11.6 Å². The molecule has 0 saturated heterocycles. The van der Waals surface area contributed by atoms with Gasteiger partial charge < -0.3 is 10.2 Å². The maximum Gasteiger partial charge on any atom is 0.263 e. The van der Waals surface area contributed by atoms with Gasteiger partial charge in [-0.15, -0.1) is 11.3 Å². The molecule has 132 valence electrons. The third kappa shape index (κ3) is 4.22. The smallest absolute Gasteiger partial charge is 0.263 e. The largest absolute Gasteiger partial charge is 0.352 e. The molecule has 0 aliphatic heterocycles. The number of amides is 2. The Balaban J connectivity index is 1.61. The first-order valence-corrected chi connectivity index (χ1v) is 9.49. The predicted octanol–water partition coefficient (Wildman–Crippen LogP) is 3.52. The third-order valence-corrected chi connectivity index (χ3v) is 5.93. The molecule has 6 heteroatoms. The molecule has 0 fully saturated rings. The van der Waals surface area contributed by atoms with E-state index in [0.29, 0.717) is 18.0 Å². The topological polar surface area (TPSA) is 49.4 Å². The molecular formula is C19H21ClN2O2S. The third-order valence-electron chi connectivity index (χ3n) is 4.45. The number of benzene rings is 1. The van der Waals surface area contributed by atoms with E-state index in [1.165, 1.54) is 4.88 Å². The molecule has 4 nitrogen and oxygen atoms in total. The van der Waals surface area contributed by atoms with E-state index >= 15 is 0 Å². The second-order valence-corrected chi connectivity index (χ2v) is 8.12. The van der Waals surface area contributed by atoms with Crippen LogP contribution in [-0.4, -0.2) is 30.8 Å². The lowest BCUT2D eigenvalue weighted by Crippen LogP contribution is -2.33. The number of carbonyl (C=O) groups is 2. The highest BCUT2D eigenvalue weighted by Gasteiger charge is 2.27. The van der Waals surface area contributed by atoms with Crippen molar-refractivity contribution in [2.75, 3.05) is 14.1 Å². The summed E-state index contributed by atoms with van der Waals surface area (Å²) in [5.74, 6) is 0.0761. The van der Waals surface area contributed by atoms with Gasteiger partial charge in [0.2, 0.25) is 5.91 Å². The fourth-order valence-corrected chi connectivity index (χ4v) is 4.36. The van der Waals surface area contributed by atoms with Crippen LogP contribution >= 0.6 is 22.9 Å². The molecule has 3 rings (SSSR count). The van der Waals surface area contributed by atoms with Crippen LogP contribution in [0.5, 0.6) is 0 Å². The maximum absolute atomic E-state index is 12.5. The summed E-state index contributed by atoms with van der Waals surface area (Å²) in [6.45, 7) is 0.507. The van der Waals surface area contributed by atoms with Crippen LogP contribution in [0.25, 0.3) is 0 Å². The Morgan fingerprint density at radius 1 is 1.28 bits per heavy atom. The lowest BCUT2D eigenvalue weighted by atomic mass is 9.87. The van der Waals surface area contributed by atoms with Gasteiger partial charge in [-0.3, -0.25) is 9.59 Å². The average molecular weight is 377 g/mol. The van der Waals surface area contributed by atoms with E-state index in [2.05, 4.69) is 5.32 Å². The van der Waals surface area contributed by atoms with Crippen molar-refractivity contribution < 1.29 is 9.59 Å². The first kappa shape index (κ1) is 18.0. The van der Waals surface area contributed by atoms with Crippen LogP contribution in [-0.2, 0) is 24.2 Å². The van der Waals surface area contributed by atoms with Crippen LogP contribution < -0.4 is 5.32 Å². The normalized spacial score (nSPS) is 16.2. The molecule has 0 spiro atoms. The Morgan fingerprint density at radius 2 is 2.00 bits per heavy atom. The summed E-state index contributed by atoms with van der Waals surface area (Å²) in [7, 11) is 3.52. The molecule has 1 N–H and O–H groups in total. The summed E-state index contributed by atoms with van der Waals surface area (Å²) in [6, 6.07) is 9.44. The van der Waals surface area contributed by atoms with E-state index < -0.39 is 0 Å². The zero-order chi connectivity index (χ0) is 18.0. The minimum absolute atomic E-state index is 0.0307. The minimum atomic E-state index is -0.0308. The molecule has 0 unspecified atom stereocenters. The Bertz CT molecular complexity index is 783. The van der Waals surface area contributed by atoms with E-state index in [0.717, 1.165) is 28.8 Å². The highest BCUT2D eigenvalue weighted by atomic mass is 35.5. The zero-order valence-corrected chi connectivity index (χ0v) is 15.9. The molecule has 25 heavy (non-hydrogen) atoms. The first-order chi connectivity index (χ1) is 11.9. The van der Waals surface area contributed by atoms with Crippen LogP contribution in [0.15, 0.2) is 30.3 Å². The Kier molecular flexibility index (Phi) is 5.45. The molecule has 1 aromatic carbocycles. The molecule has 0 saturated carbocycles. The second-order valence-electron chi connectivity index (χ2n) is 6.54. The van der Waals surface area contributed by atoms with Gasteiger partial charge in [0.15, 0.2) is 0 Å². The van der Waals surface area contributed by atoms with Crippen molar-refractivity contribution in [3.8, 4) is 0 Å². The van der Waals surface area contributed by atoms with Gasteiger partial charge in [0.25, 0.3) is 5.91 Å². The molecule has 1 aliphatic carbocycles. The van der Waals surface area contributed by atoms with Crippen molar-refractivity contribution in [3.63, 3.8) is 0 Å². The molecule has 1 aromatic heterocycles. The van der Waals surface area contributed by atoms with Crippen molar-refractivity contribution in [1.29, 1.82) is 0 Å². The predicted molar refractivity (Wildman–Crippen MR) is 101 cm³/mol. The number of thiophene rings is 1. The number of carbonyl (C=O) groups excluding carboxylic acids is 2. The van der Waals surface area contributed by atoms with Gasteiger partial charge in [-0.1, -0.05) is 23.7 Å². The van der Waals surface area contributed by atoms with Gasteiger partial charge in [-0.2, -0.15) is 0 Å². The van der Waals surface area contributed by atoms with E-state index in [-0.39, 0.29) is 17.7 Å². The number of hydrogen-bond donors (Lipinski definition) is 1. The van der Waals surface area contributed by atoms with Gasteiger partial charge in [0.1, 0.15) is 0 Å². The number of fused-ring (bicyclic) bond motifs is 1. The van der Waals surface area contributed by atoms with E-state index in [9.17, 15) is 9.59 Å². The van der Waals surface area contributed by atoms with Gasteiger partial charge in [-0.05, 0) is 48.6 Å². The molecule has 0 bridgehead atoms. The summed E-state index contributed by atoms with van der Waals surface area (Å²) in [5, 5.41) is 3.70. The lowest BCUT2D eigenvalue weighted by Gasteiger charge is -2.21. The van der Waals surface area contributed by atoms with Crippen LogP contribution in [0.3, 0.4) is 0 Å². The Hall–Kier alpha value is -1.85. The molecule has 1 aliphatic rings. The van der Waals surface area contributed by atoms with Crippen molar-refractivity contribution >= 4 is 34.8 Å². The monoisotopic (exact) mass is 376 g/mol. The maximum atomic E-state index is 12.5. The van der Waals surface area contributed by atoms with Crippen LogP contribution in [0.1, 0.15) is 32.1 Å². The quantitative estimate of drug-likeness (QED) is 0.887. The number of aryl methyl sites for hydroxylation is 1. The van der Waals surface area contributed by atoms with Gasteiger partial charge >= 0.3 is 0 Å².